The first-order valence-corrected chi connectivity index (χ1v) is 11.2. The summed E-state index contributed by atoms with van der Waals surface area (Å²) in [5.74, 6) is -2.60. The molecule has 9 heteroatoms. The molecule has 2 aliphatic rings. The molecule has 0 saturated carbocycles. The summed E-state index contributed by atoms with van der Waals surface area (Å²) in [5, 5.41) is 11.8. The van der Waals surface area contributed by atoms with Crippen LogP contribution < -0.4 is 10.2 Å². The molecule has 2 aliphatic heterocycles. The molecule has 0 radical (unpaired) electrons. The van der Waals surface area contributed by atoms with Gasteiger partial charge in [0.25, 0.3) is 5.92 Å². The zero-order chi connectivity index (χ0) is 23.1. The van der Waals surface area contributed by atoms with Gasteiger partial charge in [-0.05, 0) is 41.5 Å². The average molecular weight is 460 g/mol. The molecular formula is C25H23F2N7. The van der Waals surface area contributed by atoms with Crippen LogP contribution in [0.3, 0.4) is 0 Å². The van der Waals surface area contributed by atoms with Crippen LogP contribution in [0.5, 0.6) is 0 Å². The van der Waals surface area contributed by atoms with Crippen LogP contribution in [0.15, 0.2) is 73.7 Å². The van der Waals surface area contributed by atoms with Crippen LogP contribution >= 0.6 is 0 Å². The van der Waals surface area contributed by atoms with Crippen LogP contribution in [0.25, 0.3) is 22.0 Å². The van der Waals surface area contributed by atoms with E-state index in [2.05, 4.69) is 42.5 Å². The predicted octanol–water partition coefficient (Wildman–Crippen LogP) is 4.44. The van der Waals surface area contributed by atoms with Crippen molar-refractivity contribution in [1.82, 2.24) is 30.4 Å². The first kappa shape index (κ1) is 20.7. The van der Waals surface area contributed by atoms with E-state index in [1.807, 2.05) is 49.2 Å². The van der Waals surface area contributed by atoms with Crippen LogP contribution in [0.2, 0.25) is 0 Å². The Kier molecular flexibility index (Phi) is 4.99. The maximum atomic E-state index is 13.6. The molecule has 5 heterocycles. The van der Waals surface area contributed by atoms with Crippen LogP contribution in [0, 0.1) is 0 Å². The predicted molar refractivity (Wildman–Crippen MR) is 126 cm³/mol. The van der Waals surface area contributed by atoms with Crippen molar-refractivity contribution in [2.24, 2.45) is 0 Å². The van der Waals surface area contributed by atoms with Crippen LogP contribution in [-0.2, 0) is 6.54 Å². The van der Waals surface area contributed by atoms with Crippen molar-refractivity contribution in [3.63, 3.8) is 0 Å². The number of rotatable bonds is 5. The van der Waals surface area contributed by atoms with E-state index in [1.165, 1.54) is 0 Å². The fraction of sp³-hybridized carbons (Fsp3) is 0.240. The lowest BCUT2D eigenvalue weighted by atomic mass is 9.99. The normalized spacial score (nSPS) is 19.7. The number of pyridine rings is 2. The zero-order valence-corrected chi connectivity index (χ0v) is 18.3. The van der Waals surface area contributed by atoms with Gasteiger partial charge in [0, 0.05) is 67.0 Å². The van der Waals surface area contributed by atoms with Gasteiger partial charge in [-0.2, -0.15) is 5.10 Å². The minimum absolute atomic E-state index is 0.0868. The summed E-state index contributed by atoms with van der Waals surface area (Å²) in [6.45, 7) is 0.653. The van der Waals surface area contributed by atoms with E-state index in [0.717, 1.165) is 38.8 Å². The molecule has 4 aromatic rings. The molecule has 0 spiro atoms. The molecular weight excluding hydrogens is 436 g/mol. The molecule has 1 aromatic carbocycles. The van der Waals surface area contributed by atoms with Gasteiger partial charge in [0.05, 0.1) is 30.1 Å². The molecule has 1 saturated heterocycles. The number of alkyl halides is 2. The molecule has 6 rings (SSSR count). The van der Waals surface area contributed by atoms with E-state index in [4.69, 9.17) is 0 Å². The summed E-state index contributed by atoms with van der Waals surface area (Å²) in [4.78, 5) is 12.6. The van der Waals surface area contributed by atoms with Crippen molar-refractivity contribution in [3.8, 4) is 11.1 Å². The fourth-order valence-electron chi connectivity index (χ4n) is 4.76. The Balaban J connectivity index is 1.35. The highest BCUT2D eigenvalue weighted by molar-refractivity contribution is 5.88. The van der Waals surface area contributed by atoms with Gasteiger partial charge in [0.15, 0.2) is 0 Å². The van der Waals surface area contributed by atoms with Gasteiger partial charge in [-0.25, -0.2) is 8.78 Å². The number of hydrogen-bond donors (Lipinski definition) is 2. The SMILES string of the molecule is FC1(F)CCN(Cc2cncc(-c3cc(C4NC=CN4c4cccnc4)c4[nH]ncc4c3)c2)C1. The largest absolute Gasteiger partial charge is 0.366 e. The lowest BCUT2D eigenvalue weighted by Crippen LogP contribution is -2.27. The Labute approximate surface area is 195 Å². The van der Waals surface area contributed by atoms with E-state index < -0.39 is 5.92 Å². The molecule has 3 aromatic heterocycles. The standard InChI is InChI=1S/C25H23F2N7/c26-25(27)3-6-33(16-25)15-17-8-19(12-29-11-17)18-9-20-13-31-32-23(20)22(10-18)24-30-5-7-34(24)21-2-1-4-28-14-21/h1-2,4-5,7-14,24,30H,3,6,15-16H2,(H,31,32). The highest BCUT2D eigenvalue weighted by Crippen LogP contribution is 2.35. The summed E-state index contributed by atoms with van der Waals surface area (Å²) >= 11 is 0. The molecule has 0 aliphatic carbocycles. The van der Waals surface area contributed by atoms with E-state index in [0.29, 0.717) is 13.1 Å². The van der Waals surface area contributed by atoms with Gasteiger partial charge in [-0.1, -0.05) is 0 Å². The molecule has 172 valence electrons. The number of benzene rings is 1. The molecule has 1 atom stereocenters. The van der Waals surface area contributed by atoms with Crippen molar-refractivity contribution in [3.05, 3.63) is 84.8 Å². The van der Waals surface area contributed by atoms with Crippen LogP contribution in [0.1, 0.15) is 23.7 Å². The average Bonchev–Trinajstić information content (AvgIpc) is 3.59. The minimum atomic E-state index is -2.60. The number of nitrogens with zero attached hydrogens (tertiary/aromatic N) is 5. The number of anilines is 1. The maximum Gasteiger partial charge on any atom is 0.261 e. The van der Waals surface area contributed by atoms with Gasteiger partial charge in [0.2, 0.25) is 0 Å². The monoisotopic (exact) mass is 459 g/mol. The first-order chi connectivity index (χ1) is 16.6. The van der Waals surface area contributed by atoms with Gasteiger partial charge < -0.3 is 10.2 Å². The Morgan fingerprint density at radius 3 is 2.82 bits per heavy atom. The Morgan fingerprint density at radius 1 is 1.06 bits per heavy atom. The lowest BCUT2D eigenvalue weighted by molar-refractivity contribution is 0.0115. The van der Waals surface area contributed by atoms with E-state index in [-0.39, 0.29) is 19.1 Å². The third-order valence-electron chi connectivity index (χ3n) is 6.37. The van der Waals surface area contributed by atoms with Gasteiger partial charge in [-0.15, -0.1) is 0 Å². The fourth-order valence-corrected chi connectivity index (χ4v) is 4.76. The van der Waals surface area contributed by atoms with E-state index in [9.17, 15) is 8.78 Å². The van der Waals surface area contributed by atoms with Gasteiger partial charge in [0.1, 0.15) is 6.17 Å². The Bertz CT molecular complexity index is 1350. The third kappa shape index (κ3) is 3.88. The molecule has 7 nitrogen and oxygen atoms in total. The second-order valence-corrected chi connectivity index (χ2v) is 8.80. The number of halogens is 2. The summed E-state index contributed by atoms with van der Waals surface area (Å²) in [5.41, 5.74) is 5.79. The Morgan fingerprint density at radius 2 is 2.00 bits per heavy atom. The van der Waals surface area contributed by atoms with Crippen molar-refractivity contribution < 1.29 is 8.78 Å². The first-order valence-electron chi connectivity index (χ1n) is 11.2. The van der Waals surface area contributed by atoms with Gasteiger partial charge in [-0.3, -0.25) is 20.0 Å². The molecule has 1 fully saturated rings. The maximum absolute atomic E-state index is 13.6. The smallest absolute Gasteiger partial charge is 0.261 e. The number of aromatic amines is 1. The molecule has 34 heavy (non-hydrogen) atoms. The number of hydrogen-bond acceptors (Lipinski definition) is 6. The number of likely N-dealkylation sites (tertiary alicyclic amines) is 1. The van der Waals surface area contributed by atoms with Gasteiger partial charge >= 0.3 is 0 Å². The number of fused-ring (bicyclic) bond motifs is 1. The van der Waals surface area contributed by atoms with Crippen LogP contribution in [0.4, 0.5) is 14.5 Å². The second-order valence-electron chi connectivity index (χ2n) is 8.80. The number of H-pyrrole nitrogens is 1. The van der Waals surface area contributed by atoms with Crippen molar-refractivity contribution in [2.75, 3.05) is 18.0 Å². The van der Waals surface area contributed by atoms with Crippen LogP contribution in [-0.4, -0.2) is 44.1 Å². The molecule has 0 bridgehead atoms. The number of aromatic nitrogens is 4. The summed E-state index contributed by atoms with van der Waals surface area (Å²) < 4.78 is 27.2. The second kappa shape index (κ2) is 8.18. The highest BCUT2D eigenvalue weighted by atomic mass is 19.3. The third-order valence-corrected chi connectivity index (χ3v) is 6.37. The highest BCUT2D eigenvalue weighted by Gasteiger charge is 2.38. The molecule has 2 N–H and O–H groups in total. The summed E-state index contributed by atoms with van der Waals surface area (Å²) in [6.07, 6.45) is 12.6. The molecule has 1 unspecified atom stereocenters. The summed E-state index contributed by atoms with van der Waals surface area (Å²) in [7, 11) is 0. The lowest BCUT2D eigenvalue weighted by Gasteiger charge is -2.26. The van der Waals surface area contributed by atoms with E-state index >= 15 is 0 Å². The quantitative estimate of drug-likeness (QED) is 0.460. The van der Waals surface area contributed by atoms with Crippen molar-refractivity contribution in [2.45, 2.75) is 25.1 Å². The van der Waals surface area contributed by atoms with E-state index in [1.54, 1.807) is 17.3 Å². The Hall–Kier alpha value is -3.85. The minimum Gasteiger partial charge on any atom is -0.366 e. The summed E-state index contributed by atoms with van der Waals surface area (Å²) in [6, 6.07) is 10.2. The number of nitrogens with one attached hydrogen (secondary N) is 2. The van der Waals surface area contributed by atoms with Crippen molar-refractivity contribution in [1.29, 1.82) is 0 Å². The topological polar surface area (TPSA) is 73.0 Å². The molecule has 0 amide bonds. The van der Waals surface area contributed by atoms with Crippen molar-refractivity contribution >= 4 is 16.6 Å². The zero-order valence-electron chi connectivity index (χ0n) is 18.3.